The van der Waals surface area contributed by atoms with E-state index in [1.54, 1.807) is 14.2 Å². The summed E-state index contributed by atoms with van der Waals surface area (Å²) in [7, 11) is 3.28. The van der Waals surface area contributed by atoms with Crippen molar-refractivity contribution < 1.29 is 9.47 Å². The Hall–Kier alpha value is -2.30. The molecule has 1 aromatic carbocycles. The van der Waals surface area contributed by atoms with Crippen molar-refractivity contribution in [2.75, 3.05) is 19.5 Å². The van der Waals surface area contributed by atoms with Gasteiger partial charge in [0, 0.05) is 18.0 Å². The maximum absolute atomic E-state index is 5.26. The highest BCUT2D eigenvalue weighted by atomic mass is 16.5. The SMILES string of the molecule is COc1ccc(C(C)Nc2cc(OC)nc(C(C)C)n2)cc1. The van der Waals surface area contributed by atoms with Crippen LogP contribution < -0.4 is 14.8 Å². The second kappa shape index (κ2) is 7.11. The van der Waals surface area contributed by atoms with E-state index >= 15 is 0 Å². The minimum absolute atomic E-state index is 0.116. The molecule has 0 spiro atoms. The molecule has 1 atom stereocenters. The lowest BCUT2D eigenvalue weighted by Gasteiger charge is -2.17. The van der Waals surface area contributed by atoms with Gasteiger partial charge in [0.15, 0.2) is 0 Å². The largest absolute Gasteiger partial charge is 0.497 e. The standard InChI is InChI=1S/C17H23N3O2/c1-11(2)17-19-15(10-16(20-17)22-5)18-12(3)13-6-8-14(21-4)9-7-13/h6-12H,1-5H3,(H,18,19,20). The quantitative estimate of drug-likeness (QED) is 0.879. The molecule has 5 nitrogen and oxygen atoms in total. The van der Waals surface area contributed by atoms with Crippen LogP contribution in [0.5, 0.6) is 11.6 Å². The number of benzene rings is 1. The number of rotatable bonds is 6. The van der Waals surface area contributed by atoms with Crippen LogP contribution in [0, 0.1) is 0 Å². The molecule has 0 amide bonds. The van der Waals surface area contributed by atoms with Crippen LogP contribution in [-0.2, 0) is 0 Å². The van der Waals surface area contributed by atoms with Gasteiger partial charge < -0.3 is 14.8 Å². The molecule has 2 rings (SSSR count). The fourth-order valence-electron chi connectivity index (χ4n) is 2.08. The van der Waals surface area contributed by atoms with Crippen LogP contribution in [0.3, 0.4) is 0 Å². The van der Waals surface area contributed by atoms with Crippen LogP contribution in [-0.4, -0.2) is 24.2 Å². The van der Waals surface area contributed by atoms with Gasteiger partial charge in [-0.25, -0.2) is 4.98 Å². The van der Waals surface area contributed by atoms with Gasteiger partial charge in [-0.3, -0.25) is 0 Å². The van der Waals surface area contributed by atoms with Gasteiger partial charge >= 0.3 is 0 Å². The predicted molar refractivity (Wildman–Crippen MR) is 87.7 cm³/mol. The molecule has 5 heteroatoms. The molecule has 0 fully saturated rings. The topological polar surface area (TPSA) is 56.3 Å². The highest BCUT2D eigenvalue weighted by molar-refractivity contribution is 5.42. The number of anilines is 1. The average molecular weight is 301 g/mol. The maximum atomic E-state index is 5.26. The molecule has 0 bridgehead atoms. The van der Waals surface area contributed by atoms with E-state index in [1.807, 2.05) is 30.3 Å². The first-order valence-corrected chi connectivity index (χ1v) is 7.37. The lowest BCUT2D eigenvalue weighted by atomic mass is 10.1. The fraction of sp³-hybridized carbons (Fsp3) is 0.412. The van der Waals surface area contributed by atoms with E-state index in [-0.39, 0.29) is 12.0 Å². The second-order valence-corrected chi connectivity index (χ2v) is 5.45. The van der Waals surface area contributed by atoms with Crippen molar-refractivity contribution in [2.24, 2.45) is 0 Å². The van der Waals surface area contributed by atoms with Crippen LogP contribution in [0.15, 0.2) is 30.3 Å². The van der Waals surface area contributed by atoms with Crippen molar-refractivity contribution in [1.82, 2.24) is 9.97 Å². The normalized spacial score (nSPS) is 12.1. The molecule has 0 radical (unpaired) electrons. The molecule has 1 heterocycles. The molecule has 1 unspecified atom stereocenters. The highest BCUT2D eigenvalue weighted by Gasteiger charge is 2.11. The number of nitrogens with zero attached hydrogens (tertiary/aromatic N) is 2. The van der Waals surface area contributed by atoms with Gasteiger partial charge in [-0.05, 0) is 24.6 Å². The summed E-state index contributed by atoms with van der Waals surface area (Å²) in [5, 5.41) is 3.39. The Morgan fingerprint density at radius 1 is 0.955 bits per heavy atom. The van der Waals surface area contributed by atoms with Gasteiger partial charge in [-0.1, -0.05) is 26.0 Å². The first-order chi connectivity index (χ1) is 10.5. The molecule has 2 aromatic rings. The van der Waals surface area contributed by atoms with E-state index in [4.69, 9.17) is 9.47 Å². The predicted octanol–water partition coefficient (Wildman–Crippen LogP) is 3.79. The van der Waals surface area contributed by atoms with E-state index in [0.717, 1.165) is 23.0 Å². The number of nitrogens with one attached hydrogen (secondary N) is 1. The lowest BCUT2D eigenvalue weighted by Crippen LogP contribution is -2.10. The molecule has 0 aliphatic carbocycles. The molecular formula is C17H23N3O2. The Kier molecular flexibility index (Phi) is 5.20. The van der Waals surface area contributed by atoms with Gasteiger partial charge in [0.25, 0.3) is 0 Å². The summed E-state index contributed by atoms with van der Waals surface area (Å²) >= 11 is 0. The van der Waals surface area contributed by atoms with E-state index in [2.05, 4.69) is 36.1 Å². The van der Waals surface area contributed by atoms with Gasteiger partial charge in [0.1, 0.15) is 17.4 Å². The monoisotopic (exact) mass is 301 g/mol. The third-order valence-corrected chi connectivity index (χ3v) is 3.43. The van der Waals surface area contributed by atoms with Crippen molar-refractivity contribution in [1.29, 1.82) is 0 Å². The maximum Gasteiger partial charge on any atom is 0.218 e. The van der Waals surface area contributed by atoms with Crippen molar-refractivity contribution in [3.05, 3.63) is 41.7 Å². The summed E-state index contributed by atoms with van der Waals surface area (Å²) < 4.78 is 10.4. The Morgan fingerprint density at radius 3 is 2.18 bits per heavy atom. The van der Waals surface area contributed by atoms with E-state index in [0.29, 0.717) is 5.88 Å². The summed E-state index contributed by atoms with van der Waals surface area (Å²) in [5.74, 6) is 3.19. The van der Waals surface area contributed by atoms with E-state index in [1.165, 1.54) is 0 Å². The molecule has 0 saturated heterocycles. The van der Waals surface area contributed by atoms with Crippen LogP contribution in [0.25, 0.3) is 0 Å². The Morgan fingerprint density at radius 2 is 1.64 bits per heavy atom. The highest BCUT2D eigenvalue weighted by Crippen LogP contribution is 2.23. The van der Waals surface area contributed by atoms with Crippen LogP contribution in [0.4, 0.5) is 5.82 Å². The second-order valence-electron chi connectivity index (χ2n) is 5.45. The minimum atomic E-state index is 0.116. The summed E-state index contributed by atoms with van der Waals surface area (Å²) in [6.07, 6.45) is 0. The van der Waals surface area contributed by atoms with Gasteiger partial charge in [0.2, 0.25) is 5.88 Å². The molecule has 1 aromatic heterocycles. The smallest absolute Gasteiger partial charge is 0.218 e. The van der Waals surface area contributed by atoms with E-state index < -0.39 is 0 Å². The van der Waals surface area contributed by atoms with E-state index in [9.17, 15) is 0 Å². The van der Waals surface area contributed by atoms with Gasteiger partial charge in [0.05, 0.1) is 14.2 Å². The number of ether oxygens (including phenoxy) is 2. The van der Waals surface area contributed by atoms with Crippen molar-refractivity contribution in [3.8, 4) is 11.6 Å². The van der Waals surface area contributed by atoms with Crippen LogP contribution >= 0.6 is 0 Å². The number of aromatic nitrogens is 2. The third kappa shape index (κ3) is 3.87. The Bertz CT molecular complexity index is 612. The summed E-state index contributed by atoms with van der Waals surface area (Å²) in [5.41, 5.74) is 1.16. The zero-order chi connectivity index (χ0) is 16.1. The molecule has 22 heavy (non-hydrogen) atoms. The van der Waals surface area contributed by atoms with Crippen molar-refractivity contribution in [3.63, 3.8) is 0 Å². The first-order valence-electron chi connectivity index (χ1n) is 7.37. The van der Waals surface area contributed by atoms with Crippen LogP contribution in [0.2, 0.25) is 0 Å². The Labute approximate surface area is 131 Å². The summed E-state index contributed by atoms with van der Waals surface area (Å²) in [6, 6.07) is 9.91. The molecular weight excluding hydrogens is 278 g/mol. The number of hydrogen-bond acceptors (Lipinski definition) is 5. The zero-order valence-electron chi connectivity index (χ0n) is 13.8. The third-order valence-electron chi connectivity index (χ3n) is 3.43. The fourth-order valence-corrected chi connectivity index (χ4v) is 2.08. The lowest BCUT2D eigenvalue weighted by molar-refractivity contribution is 0.394. The molecule has 0 saturated carbocycles. The van der Waals surface area contributed by atoms with Gasteiger partial charge in [-0.2, -0.15) is 4.98 Å². The molecule has 118 valence electrons. The molecule has 0 aliphatic heterocycles. The van der Waals surface area contributed by atoms with Crippen LogP contribution in [0.1, 0.15) is 44.1 Å². The Balaban J connectivity index is 2.19. The number of methoxy groups -OCH3 is 2. The van der Waals surface area contributed by atoms with Crippen molar-refractivity contribution in [2.45, 2.75) is 32.7 Å². The van der Waals surface area contributed by atoms with Gasteiger partial charge in [-0.15, -0.1) is 0 Å². The molecule has 1 N–H and O–H groups in total. The minimum Gasteiger partial charge on any atom is -0.497 e. The molecule has 0 aliphatic rings. The summed E-state index contributed by atoms with van der Waals surface area (Å²) in [4.78, 5) is 8.92. The summed E-state index contributed by atoms with van der Waals surface area (Å²) in [6.45, 7) is 6.21. The average Bonchev–Trinajstić information content (AvgIpc) is 2.54. The zero-order valence-corrected chi connectivity index (χ0v) is 13.8. The van der Waals surface area contributed by atoms with Crippen molar-refractivity contribution >= 4 is 5.82 Å². The number of hydrogen-bond donors (Lipinski definition) is 1. The first kappa shape index (κ1) is 16.1.